The summed E-state index contributed by atoms with van der Waals surface area (Å²) in [5, 5.41) is 2.18. The smallest absolute Gasteiger partial charge is 0.119 e. The van der Waals surface area contributed by atoms with Crippen molar-refractivity contribution in [3.8, 4) is 5.75 Å². The van der Waals surface area contributed by atoms with Crippen molar-refractivity contribution in [1.29, 1.82) is 0 Å². The molecule has 0 unspecified atom stereocenters. The van der Waals surface area contributed by atoms with Crippen LogP contribution in [0.5, 0.6) is 5.75 Å². The van der Waals surface area contributed by atoms with Crippen LogP contribution in [0.25, 0.3) is 0 Å². The second-order valence-electron chi connectivity index (χ2n) is 6.87. The number of hydrogen-bond acceptors (Lipinski definition) is 5. The third-order valence-corrected chi connectivity index (χ3v) is 5.64. The van der Waals surface area contributed by atoms with Gasteiger partial charge in [0.2, 0.25) is 0 Å². The average molecular weight is 375 g/mol. The van der Waals surface area contributed by atoms with Gasteiger partial charge in [-0.05, 0) is 42.6 Å². The second kappa shape index (κ2) is 10.1. The minimum Gasteiger partial charge on any atom is -0.494 e. The highest BCUT2D eigenvalue weighted by atomic mass is 32.1. The monoisotopic (exact) mass is 374 g/mol. The van der Waals surface area contributed by atoms with Crippen molar-refractivity contribution in [2.24, 2.45) is 0 Å². The van der Waals surface area contributed by atoms with Gasteiger partial charge in [-0.15, -0.1) is 11.3 Å². The van der Waals surface area contributed by atoms with Crippen LogP contribution in [-0.4, -0.2) is 56.3 Å². The second-order valence-corrected chi connectivity index (χ2v) is 7.85. The SMILES string of the molecule is CCCOc1cccc(CN(C)C[C@@H](c2cccs2)N2CCOCC2)c1. The van der Waals surface area contributed by atoms with E-state index in [4.69, 9.17) is 9.47 Å². The molecule has 4 nitrogen and oxygen atoms in total. The highest BCUT2D eigenvalue weighted by Crippen LogP contribution is 2.27. The summed E-state index contributed by atoms with van der Waals surface area (Å²) in [5.41, 5.74) is 1.30. The highest BCUT2D eigenvalue weighted by Gasteiger charge is 2.24. The summed E-state index contributed by atoms with van der Waals surface area (Å²) < 4.78 is 11.3. The van der Waals surface area contributed by atoms with Gasteiger partial charge in [0.05, 0.1) is 25.9 Å². The Bertz CT molecular complexity index is 641. The van der Waals surface area contributed by atoms with Crippen LogP contribution in [-0.2, 0) is 11.3 Å². The molecule has 1 aromatic heterocycles. The van der Waals surface area contributed by atoms with E-state index in [1.54, 1.807) is 0 Å². The Balaban J connectivity index is 1.63. The molecule has 142 valence electrons. The molecule has 5 heteroatoms. The minimum absolute atomic E-state index is 0.434. The Labute approximate surface area is 161 Å². The molecule has 1 aromatic carbocycles. The van der Waals surface area contributed by atoms with Crippen LogP contribution in [0.4, 0.5) is 0 Å². The molecule has 1 atom stereocenters. The molecule has 1 aliphatic heterocycles. The van der Waals surface area contributed by atoms with Gasteiger partial charge in [-0.25, -0.2) is 0 Å². The van der Waals surface area contributed by atoms with Crippen molar-refractivity contribution in [3.63, 3.8) is 0 Å². The van der Waals surface area contributed by atoms with Gasteiger partial charge in [0, 0.05) is 31.1 Å². The molecule has 2 aromatic rings. The molecule has 0 saturated carbocycles. The van der Waals surface area contributed by atoms with E-state index in [-0.39, 0.29) is 0 Å². The fourth-order valence-corrected chi connectivity index (χ4v) is 4.23. The quantitative estimate of drug-likeness (QED) is 0.661. The maximum Gasteiger partial charge on any atom is 0.119 e. The predicted molar refractivity (Wildman–Crippen MR) is 108 cm³/mol. The normalized spacial score (nSPS) is 16.7. The molecule has 0 amide bonds. The Morgan fingerprint density at radius 2 is 2.08 bits per heavy atom. The Hall–Kier alpha value is -1.40. The Morgan fingerprint density at radius 3 is 2.81 bits per heavy atom. The van der Waals surface area contributed by atoms with Crippen molar-refractivity contribution in [3.05, 3.63) is 52.2 Å². The number of ether oxygens (including phenoxy) is 2. The summed E-state index contributed by atoms with van der Waals surface area (Å²) in [6.07, 6.45) is 1.03. The molecule has 0 bridgehead atoms. The third kappa shape index (κ3) is 5.55. The zero-order valence-corrected chi connectivity index (χ0v) is 16.7. The number of thiophene rings is 1. The van der Waals surface area contributed by atoms with E-state index in [2.05, 4.69) is 59.5 Å². The van der Waals surface area contributed by atoms with Crippen molar-refractivity contribution < 1.29 is 9.47 Å². The van der Waals surface area contributed by atoms with Crippen molar-refractivity contribution >= 4 is 11.3 Å². The van der Waals surface area contributed by atoms with E-state index >= 15 is 0 Å². The first-order valence-corrected chi connectivity index (χ1v) is 10.4. The van der Waals surface area contributed by atoms with Gasteiger partial charge in [0.15, 0.2) is 0 Å². The fraction of sp³-hybridized carbons (Fsp3) is 0.524. The maximum atomic E-state index is 5.77. The van der Waals surface area contributed by atoms with Gasteiger partial charge in [-0.1, -0.05) is 25.1 Å². The van der Waals surface area contributed by atoms with E-state index in [1.165, 1.54) is 10.4 Å². The summed E-state index contributed by atoms with van der Waals surface area (Å²) in [7, 11) is 2.21. The molecule has 0 aliphatic carbocycles. The summed E-state index contributed by atoms with van der Waals surface area (Å²) in [5.74, 6) is 0.973. The molecule has 3 rings (SSSR count). The van der Waals surface area contributed by atoms with Crippen LogP contribution in [0.1, 0.15) is 29.8 Å². The first-order chi connectivity index (χ1) is 12.8. The lowest BCUT2D eigenvalue weighted by atomic mass is 10.1. The Morgan fingerprint density at radius 1 is 1.23 bits per heavy atom. The summed E-state index contributed by atoms with van der Waals surface area (Å²) in [4.78, 5) is 6.42. The maximum absolute atomic E-state index is 5.77. The van der Waals surface area contributed by atoms with Gasteiger partial charge in [-0.3, -0.25) is 4.90 Å². The van der Waals surface area contributed by atoms with Gasteiger partial charge in [-0.2, -0.15) is 0 Å². The van der Waals surface area contributed by atoms with Crippen LogP contribution in [0.3, 0.4) is 0 Å². The topological polar surface area (TPSA) is 24.9 Å². The van der Waals surface area contributed by atoms with E-state index in [0.717, 1.165) is 58.2 Å². The fourth-order valence-electron chi connectivity index (χ4n) is 3.38. The number of hydrogen-bond donors (Lipinski definition) is 0. The van der Waals surface area contributed by atoms with Crippen molar-refractivity contribution in [2.75, 3.05) is 46.5 Å². The molecule has 1 aliphatic rings. The van der Waals surface area contributed by atoms with Crippen LogP contribution < -0.4 is 4.74 Å². The molecule has 0 radical (unpaired) electrons. The average Bonchev–Trinajstić information content (AvgIpc) is 3.20. The highest BCUT2D eigenvalue weighted by molar-refractivity contribution is 7.10. The molecular weight excluding hydrogens is 344 g/mol. The van der Waals surface area contributed by atoms with Gasteiger partial charge in [0.1, 0.15) is 5.75 Å². The molecule has 2 heterocycles. The largest absolute Gasteiger partial charge is 0.494 e. The van der Waals surface area contributed by atoms with E-state index in [0.29, 0.717) is 6.04 Å². The lowest BCUT2D eigenvalue weighted by Crippen LogP contribution is -2.42. The molecule has 26 heavy (non-hydrogen) atoms. The van der Waals surface area contributed by atoms with Gasteiger partial charge < -0.3 is 14.4 Å². The minimum atomic E-state index is 0.434. The number of benzene rings is 1. The lowest BCUT2D eigenvalue weighted by molar-refractivity contribution is 0.00964. The van der Waals surface area contributed by atoms with Crippen LogP contribution in [0.2, 0.25) is 0 Å². The first-order valence-electron chi connectivity index (χ1n) is 9.51. The summed E-state index contributed by atoms with van der Waals surface area (Å²) in [6.45, 7) is 8.54. The van der Waals surface area contributed by atoms with Gasteiger partial charge >= 0.3 is 0 Å². The van der Waals surface area contributed by atoms with Crippen molar-refractivity contribution in [2.45, 2.75) is 25.9 Å². The number of morpholine rings is 1. The molecule has 1 fully saturated rings. The zero-order chi connectivity index (χ0) is 18.2. The van der Waals surface area contributed by atoms with E-state index in [1.807, 2.05) is 17.4 Å². The summed E-state index contributed by atoms with van der Waals surface area (Å²) >= 11 is 1.86. The number of likely N-dealkylation sites (N-methyl/N-ethyl adjacent to an activating group) is 1. The standard InChI is InChI=1S/C21H30N2O2S/c1-3-11-25-19-7-4-6-18(15-19)16-22(2)17-20(21-8-5-14-26-21)23-9-12-24-13-10-23/h4-8,14-15,20H,3,9-13,16-17H2,1-2H3/t20-/m0/s1. The van der Waals surface area contributed by atoms with Crippen LogP contribution in [0.15, 0.2) is 41.8 Å². The first kappa shape index (κ1) is 19.4. The zero-order valence-electron chi connectivity index (χ0n) is 15.9. The predicted octanol–water partition coefficient (Wildman–Crippen LogP) is 4.04. The molecule has 0 spiro atoms. The molecule has 0 N–H and O–H groups in total. The van der Waals surface area contributed by atoms with E-state index in [9.17, 15) is 0 Å². The van der Waals surface area contributed by atoms with E-state index < -0.39 is 0 Å². The third-order valence-electron chi connectivity index (χ3n) is 4.67. The molecular formula is C21H30N2O2S. The molecule has 1 saturated heterocycles. The lowest BCUT2D eigenvalue weighted by Gasteiger charge is -2.36. The van der Waals surface area contributed by atoms with Crippen LogP contribution >= 0.6 is 11.3 Å². The number of nitrogens with zero attached hydrogens (tertiary/aromatic N) is 2. The Kier molecular flexibility index (Phi) is 7.50. The number of rotatable bonds is 9. The van der Waals surface area contributed by atoms with Crippen molar-refractivity contribution in [1.82, 2.24) is 9.80 Å². The summed E-state index contributed by atoms with van der Waals surface area (Å²) in [6, 6.07) is 13.3. The van der Waals surface area contributed by atoms with Crippen LogP contribution in [0, 0.1) is 0 Å². The van der Waals surface area contributed by atoms with Gasteiger partial charge in [0.25, 0.3) is 0 Å².